The summed E-state index contributed by atoms with van der Waals surface area (Å²) in [5.74, 6) is 0.889. The van der Waals surface area contributed by atoms with E-state index in [4.69, 9.17) is 9.47 Å². The molecular weight excluding hydrogens is 342 g/mol. The third kappa shape index (κ3) is 5.73. The van der Waals surface area contributed by atoms with Crippen LogP contribution in [0.4, 0.5) is 0 Å². The number of phenolic OH excluding ortho intramolecular Hbond substituents is 1. The van der Waals surface area contributed by atoms with Crippen LogP contribution in [-0.4, -0.2) is 30.8 Å². The van der Waals surface area contributed by atoms with Crippen molar-refractivity contribution in [3.8, 4) is 11.5 Å². The number of aryl methyl sites for hydroxylation is 2. The minimum atomic E-state index is -0.386. The van der Waals surface area contributed by atoms with Crippen LogP contribution >= 0.6 is 0 Å². The maximum atomic E-state index is 11.6. The van der Waals surface area contributed by atoms with Crippen molar-refractivity contribution in [1.29, 1.82) is 0 Å². The van der Waals surface area contributed by atoms with Gasteiger partial charge < -0.3 is 20.3 Å². The molecule has 2 rings (SSSR count). The third-order valence-corrected chi connectivity index (χ3v) is 4.53. The Bertz CT molecular complexity index is 776. The maximum absolute atomic E-state index is 11.6. The zero-order valence-electron chi connectivity index (χ0n) is 16.7. The first kappa shape index (κ1) is 20.8. The Morgan fingerprint density at radius 3 is 2.41 bits per heavy atom. The number of benzene rings is 2. The average Bonchev–Trinajstić information content (AvgIpc) is 2.62. The van der Waals surface area contributed by atoms with Gasteiger partial charge in [0.2, 0.25) is 0 Å². The van der Waals surface area contributed by atoms with Crippen molar-refractivity contribution in [1.82, 2.24) is 0 Å². The van der Waals surface area contributed by atoms with Crippen molar-refractivity contribution >= 4 is 5.97 Å². The number of rotatable bonds is 8. The molecule has 0 bridgehead atoms. The normalized spacial score (nSPS) is 10.9. The molecule has 5 nitrogen and oxygen atoms in total. The smallest absolute Gasteiger partial charge is 0.344 e. The fourth-order valence-corrected chi connectivity index (χ4v) is 3.07. The van der Waals surface area contributed by atoms with Crippen LogP contribution in [0.3, 0.4) is 0 Å². The molecule has 0 unspecified atom stereocenters. The van der Waals surface area contributed by atoms with Crippen LogP contribution in [0.15, 0.2) is 30.3 Å². The molecule has 0 amide bonds. The number of carbonyl (C=O) groups excluding carboxylic acids is 1. The summed E-state index contributed by atoms with van der Waals surface area (Å²) in [5, 5.41) is 10.0. The molecule has 4 N–H and O–H groups in total. The zero-order valence-corrected chi connectivity index (χ0v) is 16.7. The number of quaternary nitrogens is 1. The molecule has 2 aromatic rings. The van der Waals surface area contributed by atoms with E-state index in [9.17, 15) is 9.90 Å². The molecule has 146 valence electrons. The highest BCUT2D eigenvalue weighted by Gasteiger charge is 2.12. The quantitative estimate of drug-likeness (QED) is 0.698. The Kier molecular flexibility index (Phi) is 7.25. The molecular formula is C22H30NO4+. The van der Waals surface area contributed by atoms with Gasteiger partial charge in [-0.2, -0.15) is 0 Å². The van der Waals surface area contributed by atoms with Crippen LogP contribution in [0.2, 0.25) is 0 Å². The molecule has 27 heavy (non-hydrogen) atoms. The second-order valence-electron chi connectivity index (χ2n) is 7.12. The summed E-state index contributed by atoms with van der Waals surface area (Å²) >= 11 is 0. The van der Waals surface area contributed by atoms with Gasteiger partial charge in [0, 0.05) is 0 Å². The predicted octanol–water partition coefficient (Wildman–Crippen LogP) is 2.89. The predicted molar refractivity (Wildman–Crippen MR) is 105 cm³/mol. The van der Waals surface area contributed by atoms with E-state index in [1.807, 2.05) is 32.0 Å². The van der Waals surface area contributed by atoms with E-state index >= 15 is 0 Å². The second kappa shape index (κ2) is 9.42. The molecule has 0 aliphatic carbocycles. The molecule has 0 fully saturated rings. The van der Waals surface area contributed by atoms with Crippen molar-refractivity contribution in [3.63, 3.8) is 0 Å². The maximum Gasteiger partial charge on any atom is 0.344 e. The number of hydrogen-bond donors (Lipinski definition) is 2. The topological polar surface area (TPSA) is 83.4 Å². The first-order chi connectivity index (χ1) is 12.8. The summed E-state index contributed by atoms with van der Waals surface area (Å²) in [4.78, 5) is 11.6. The lowest BCUT2D eigenvalue weighted by Gasteiger charge is -2.15. The summed E-state index contributed by atoms with van der Waals surface area (Å²) in [6, 6.07) is 9.69. The number of ether oxygens (including phenoxy) is 2. The van der Waals surface area contributed by atoms with E-state index in [-0.39, 0.29) is 18.5 Å². The van der Waals surface area contributed by atoms with E-state index in [1.54, 1.807) is 6.07 Å². The van der Waals surface area contributed by atoms with Gasteiger partial charge in [0.1, 0.15) is 24.7 Å². The Labute approximate surface area is 161 Å². The van der Waals surface area contributed by atoms with Crippen LogP contribution in [0.25, 0.3) is 0 Å². The van der Waals surface area contributed by atoms with Gasteiger partial charge in [0.15, 0.2) is 6.61 Å². The lowest BCUT2D eigenvalue weighted by Crippen LogP contribution is -2.52. The van der Waals surface area contributed by atoms with Crippen LogP contribution in [-0.2, 0) is 16.0 Å². The first-order valence-electron chi connectivity index (χ1n) is 9.31. The Morgan fingerprint density at radius 2 is 1.81 bits per heavy atom. The van der Waals surface area contributed by atoms with Gasteiger partial charge >= 0.3 is 5.97 Å². The SMILES string of the molecule is Cc1cc(OCC(=O)OCC[NH3+])cc(C)c1Cc1ccc(O)c(C(C)C)c1. The van der Waals surface area contributed by atoms with Gasteiger partial charge in [-0.25, -0.2) is 4.79 Å². The highest BCUT2D eigenvalue weighted by molar-refractivity contribution is 5.71. The van der Waals surface area contributed by atoms with E-state index in [0.717, 1.165) is 28.7 Å². The van der Waals surface area contributed by atoms with Crippen molar-refractivity contribution in [2.24, 2.45) is 0 Å². The molecule has 0 aliphatic rings. The standard InChI is InChI=1S/C22H29NO4/c1-14(2)19-11-17(5-6-21(19)24)12-20-15(3)9-18(10-16(20)4)27-13-22(25)26-8-7-23/h5-6,9-11,14,24H,7-8,12-13,23H2,1-4H3/p+1. The summed E-state index contributed by atoms with van der Waals surface area (Å²) in [5.41, 5.74) is 9.19. The first-order valence-corrected chi connectivity index (χ1v) is 9.31. The lowest BCUT2D eigenvalue weighted by molar-refractivity contribution is -0.372. The van der Waals surface area contributed by atoms with E-state index in [2.05, 4.69) is 25.6 Å². The minimum absolute atomic E-state index is 0.103. The summed E-state index contributed by atoms with van der Waals surface area (Å²) in [6.07, 6.45) is 0.781. The minimum Gasteiger partial charge on any atom is -0.508 e. The Hall–Kier alpha value is -2.53. The largest absolute Gasteiger partial charge is 0.508 e. The van der Waals surface area contributed by atoms with Crippen molar-refractivity contribution in [3.05, 3.63) is 58.1 Å². The molecule has 0 aromatic heterocycles. The highest BCUT2D eigenvalue weighted by atomic mass is 16.6. The molecule has 0 spiro atoms. The van der Waals surface area contributed by atoms with E-state index in [1.165, 1.54) is 5.56 Å². The van der Waals surface area contributed by atoms with Gasteiger partial charge in [0.05, 0.1) is 0 Å². The van der Waals surface area contributed by atoms with Gasteiger partial charge in [-0.1, -0.05) is 26.0 Å². The molecule has 0 saturated heterocycles. The molecule has 0 atom stereocenters. The molecule has 5 heteroatoms. The average molecular weight is 372 g/mol. The fraction of sp³-hybridized carbons (Fsp3) is 0.409. The molecule has 0 radical (unpaired) electrons. The fourth-order valence-electron chi connectivity index (χ4n) is 3.07. The van der Waals surface area contributed by atoms with Gasteiger partial charge in [0.25, 0.3) is 0 Å². The van der Waals surface area contributed by atoms with Crippen LogP contribution in [0.5, 0.6) is 11.5 Å². The molecule has 2 aromatic carbocycles. The second-order valence-corrected chi connectivity index (χ2v) is 7.12. The van der Waals surface area contributed by atoms with Crippen molar-refractivity contribution in [2.75, 3.05) is 19.8 Å². The number of hydrogen-bond acceptors (Lipinski definition) is 4. The number of carbonyl (C=O) groups is 1. The van der Waals surface area contributed by atoms with Crippen molar-refractivity contribution < 1.29 is 25.1 Å². The summed E-state index contributed by atoms with van der Waals surface area (Å²) < 4.78 is 10.5. The van der Waals surface area contributed by atoms with Crippen LogP contribution < -0.4 is 10.5 Å². The van der Waals surface area contributed by atoms with Crippen LogP contribution in [0.1, 0.15) is 47.6 Å². The summed E-state index contributed by atoms with van der Waals surface area (Å²) in [7, 11) is 0. The molecule has 0 heterocycles. The van der Waals surface area contributed by atoms with Gasteiger partial charge in [-0.15, -0.1) is 0 Å². The lowest BCUT2D eigenvalue weighted by atomic mass is 9.93. The summed E-state index contributed by atoms with van der Waals surface area (Å²) in [6.45, 7) is 8.99. The number of phenols is 1. The van der Waals surface area contributed by atoms with Crippen LogP contribution in [0, 0.1) is 13.8 Å². The molecule has 0 aliphatic heterocycles. The Morgan fingerprint density at radius 1 is 1.15 bits per heavy atom. The van der Waals surface area contributed by atoms with Gasteiger partial charge in [-0.05, 0) is 72.2 Å². The number of aromatic hydroxyl groups is 1. The van der Waals surface area contributed by atoms with E-state index in [0.29, 0.717) is 24.7 Å². The van der Waals surface area contributed by atoms with E-state index < -0.39 is 0 Å². The zero-order chi connectivity index (χ0) is 20.0. The monoisotopic (exact) mass is 372 g/mol. The van der Waals surface area contributed by atoms with Crippen molar-refractivity contribution in [2.45, 2.75) is 40.0 Å². The number of esters is 1. The molecule has 0 saturated carbocycles. The Balaban J connectivity index is 2.13. The van der Waals surface area contributed by atoms with Gasteiger partial charge in [-0.3, -0.25) is 0 Å². The highest BCUT2D eigenvalue weighted by Crippen LogP contribution is 2.29. The third-order valence-electron chi connectivity index (χ3n) is 4.53.